The van der Waals surface area contributed by atoms with E-state index < -0.39 is 31.1 Å². The summed E-state index contributed by atoms with van der Waals surface area (Å²) in [5, 5.41) is 26.3. The van der Waals surface area contributed by atoms with Gasteiger partial charge in [-0.15, -0.1) is 0 Å². The van der Waals surface area contributed by atoms with E-state index in [0.29, 0.717) is 0 Å². The van der Waals surface area contributed by atoms with E-state index in [-0.39, 0.29) is 0 Å². The topological polar surface area (TPSA) is 104 Å². The first-order valence-corrected chi connectivity index (χ1v) is 3.41. The molecule has 0 unspecified atom stereocenters. The number of amides is 1. The Bertz CT molecular complexity index is 166. The van der Waals surface area contributed by atoms with Gasteiger partial charge in [0.25, 0.3) is 0 Å². The highest BCUT2D eigenvalue weighted by Crippen LogP contribution is 2.15. The number of aliphatic hydroxyl groups excluding tert-OH is 3. The minimum absolute atomic E-state index is 0.441. The van der Waals surface area contributed by atoms with Crippen molar-refractivity contribution in [2.24, 2.45) is 11.1 Å². The summed E-state index contributed by atoms with van der Waals surface area (Å²) in [6.45, 7) is -1.32. The molecular formula is C7H13NO4. The summed E-state index contributed by atoms with van der Waals surface area (Å²) in [6.07, 6.45) is 2.21. The SMILES string of the molecule is NC(=O)C=CC(CO)(CO)CO. The third-order valence-electron chi connectivity index (χ3n) is 1.55. The second kappa shape index (κ2) is 4.87. The molecule has 1 amide bonds. The lowest BCUT2D eigenvalue weighted by atomic mass is 9.91. The van der Waals surface area contributed by atoms with Gasteiger partial charge in [-0.05, 0) is 6.08 Å². The second-order valence-corrected chi connectivity index (χ2v) is 2.57. The molecule has 0 rings (SSSR count). The molecule has 0 aliphatic rings. The van der Waals surface area contributed by atoms with Gasteiger partial charge in [-0.25, -0.2) is 0 Å². The Balaban J connectivity index is 4.39. The van der Waals surface area contributed by atoms with Gasteiger partial charge in [0.15, 0.2) is 0 Å². The molecule has 0 heterocycles. The zero-order chi connectivity index (χ0) is 9.61. The standard InChI is InChI=1S/C7H13NO4/c8-6(12)1-2-7(3-9,4-10)5-11/h1-2,9-11H,3-5H2,(H2,8,12). The van der Waals surface area contributed by atoms with Gasteiger partial charge < -0.3 is 21.1 Å². The van der Waals surface area contributed by atoms with Crippen LogP contribution in [0.15, 0.2) is 12.2 Å². The molecule has 0 saturated heterocycles. The number of nitrogens with two attached hydrogens (primary N) is 1. The Morgan fingerprint density at radius 2 is 1.67 bits per heavy atom. The van der Waals surface area contributed by atoms with Gasteiger partial charge in [-0.2, -0.15) is 0 Å². The Morgan fingerprint density at radius 1 is 1.25 bits per heavy atom. The second-order valence-electron chi connectivity index (χ2n) is 2.57. The van der Waals surface area contributed by atoms with E-state index >= 15 is 0 Å². The molecular weight excluding hydrogens is 162 g/mol. The smallest absolute Gasteiger partial charge is 0.241 e. The number of aliphatic hydroxyl groups is 3. The highest BCUT2D eigenvalue weighted by molar-refractivity contribution is 5.85. The van der Waals surface area contributed by atoms with Crippen LogP contribution in [0.3, 0.4) is 0 Å². The zero-order valence-corrected chi connectivity index (χ0v) is 6.60. The van der Waals surface area contributed by atoms with Crippen molar-refractivity contribution >= 4 is 5.91 Å². The largest absolute Gasteiger partial charge is 0.395 e. The van der Waals surface area contributed by atoms with Gasteiger partial charge in [0.2, 0.25) is 5.91 Å². The number of hydrogen-bond acceptors (Lipinski definition) is 4. The molecule has 0 atom stereocenters. The van der Waals surface area contributed by atoms with Gasteiger partial charge in [-0.3, -0.25) is 4.79 Å². The minimum Gasteiger partial charge on any atom is -0.395 e. The van der Waals surface area contributed by atoms with Crippen LogP contribution in [0.2, 0.25) is 0 Å². The van der Waals surface area contributed by atoms with Crippen LogP contribution in [0.1, 0.15) is 0 Å². The van der Waals surface area contributed by atoms with Crippen LogP contribution >= 0.6 is 0 Å². The van der Waals surface area contributed by atoms with Gasteiger partial charge >= 0.3 is 0 Å². The van der Waals surface area contributed by atoms with E-state index in [1.807, 2.05) is 0 Å². The van der Waals surface area contributed by atoms with Crippen molar-refractivity contribution in [2.75, 3.05) is 19.8 Å². The van der Waals surface area contributed by atoms with Crippen LogP contribution < -0.4 is 5.73 Å². The number of rotatable bonds is 5. The summed E-state index contributed by atoms with van der Waals surface area (Å²) >= 11 is 0. The molecule has 0 aliphatic carbocycles. The first-order valence-electron chi connectivity index (χ1n) is 3.41. The molecule has 0 radical (unpaired) electrons. The fourth-order valence-electron chi connectivity index (χ4n) is 0.567. The van der Waals surface area contributed by atoms with Crippen LogP contribution in [0.5, 0.6) is 0 Å². The number of hydrogen-bond donors (Lipinski definition) is 4. The Hall–Kier alpha value is -0.910. The van der Waals surface area contributed by atoms with Gasteiger partial charge in [0.1, 0.15) is 0 Å². The van der Waals surface area contributed by atoms with Gasteiger partial charge in [0, 0.05) is 0 Å². The fourth-order valence-corrected chi connectivity index (χ4v) is 0.567. The van der Waals surface area contributed by atoms with Crippen molar-refractivity contribution < 1.29 is 20.1 Å². The van der Waals surface area contributed by atoms with Crippen LogP contribution in [0.25, 0.3) is 0 Å². The Morgan fingerprint density at radius 3 is 1.92 bits per heavy atom. The summed E-state index contributed by atoms with van der Waals surface area (Å²) in [4.78, 5) is 10.3. The van der Waals surface area contributed by atoms with E-state index in [9.17, 15) is 4.79 Å². The normalized spacial score (nSPS) is 12.2. The van der Waals surface area contributed by atoms with Crippen molar-refractivity contribution in [3.8, 4) is 0 Å². The zero-order valence-electron chi connectivity index (χ0n) is 6.60. The number of carbonyl (C=O) groups excluding carboxylic acids is 1. The molecule has 0 aromatic rings. The van der Waals surface area contributed by atoms with Crippen LogP contribution in [-0.4, -0.2) is 41.0 Å². The summed E-state index contributed by atoms with van der Waals surface area (Å²) in [5.74, 6) is -0.685. The molecule has 0 aromatic heterocycles. The highest BCUT2D eigenvalue weighted by atomic mass is 16.3. The third kappa shape index (κ3) is 3.00. The van der Waals surface area contributed by atoms with E-state index in [4.69, 9.17) is 21.1 Å². The van der Waals surface area contributed by atoms with Crippen molar-refractivity contribution in [3.05, 3.63) is 12.2 Å². The first-order chi connectivity index (χ1) is 5.60. The molecule has 5 heteroatoms. The lowest BCUT2D eigenvalue weighted by molar-refractivity contribution is -0.113. The van der Waals surface area contributed by atoms with Crippen molar-refractivity contribution in [1.29, 1.82) is 0 Å². The lowest BCUT2D eigenvalue weighted by Crippen LogP contribution is -2.32. The Kier molecular flexibility index (Phi) is 4.50. The monoisotopic (exact) mass is 175 g/mol. The lowest BCUT2D eigenvalue weighted by Gasteiger charge is -2.22. The predicted molar refractivity (Wildman–Crippen MR) is 42.0 cm³/mol. The summed E-state index contributed by atoms with van der Waals surface area (Å²) in [6, 6.07) is 0. The van der Waals surface area contributed by atoms with E-state index in [2.05, 4.69) is 0 Å². The Labute approximate surface area is 70.1 Å². The van der Waals surface area contributed by atoms with E-state index in [1.165, 1.54) is 6.08 Å². The van der Waals surface area contributed by atoms with Crippen LogP contribution in [-0.2, 0) is 4.79 Å². The van der Waals surface area contributed by atoms with Gasteiger partial charge in [-0.1, -0.05) is 6.08 Å². The van der Waals surface area contributed by atoms with Crippen molar-refractivity contribution in [2.45, 2.75) is 0 Å². The maximum Gasteiger partial charge on any atom is 0.241 e. The van der Waals surface area contributed by atoms with Crippen molar-refractivity contribution in [3.63, 3.8) is 0 Å². The maximum absolute atomic E-state index is 10.3. The number of primary amides is 1. The summed E-state index contributed by atoms with van der Waals surface area (Å²) in [5.41, 5.74) is 3.64. The summed E-state index contributed by atoms with van der Waals surface area (Å²) < 4.78 is 0. The fraction of sp³-hybridized carbons (Fsp3) is 0.571. The van der Waals surface area contributed by atoms with E-state index in [0.717, 1.165) is 6.08 Å². The van der Waals surface area contributed by atoms with Crippen LogP contribution in [0, 0.1) is 5.41 Å². The average Bonchev–Trinajstić information content (AvgIpc) is 2.08. The molecule has 0 spiro atoms. The molecule has 12 heavy (non-hydrogen) atoms. The van der Waals surface area contributed by atoms with E-state index in [1.54, 1.807) is 0 Å². The molecule has 0 saturated carbocycles. The maximum atomic E-state index is 10.3. The minimum atomic E-state index is -1.16. The van der Waals surface area contributed by atoms with Gasteiger partial charge in [0.05, 0.1) is 25.2 Å². The summed E-state index contributed by atoms with van der Waals surface area (Å²) in [7, 11) is 0. The highest BCUT2D eigenvalue weighted by Gasteiger charge is 2.24. The molecule has 5 nitrogen and oxygen atoms in total. The van der Waals surface area contributed by atoms with Crippen LogP contribution in [0.4, 0.5) is 0 Å². The molecule has 70 valence electrons. The molecule has 0 aliphatic heterocycles. The molecule has 0 fully saturated rings. The molecule has 5 N–H and O–H groups in total. The molecule has 0 bridgehead atoms. The average molecular weight is 175 g/mol. The number of carbonyl (C=O) groups is 1. The van der Waals surface area contributed by atoms with Crippen molar-refractivity contribution in [1.82, 2.24) is 0 Å². The first kappa shape index (κ1) is 11.1. The predicted octanol–water partition coefficient (Wildman–Crippen LogP) is -2.01. The quantitative estimate of drug-likeness (QED) is 0.362. The molecule has 0 aromatic carbocycles. The third-order valence-corrected chi connectivity index (χ3v) is 1.55.